The van der Waals surface area contributed by atoms with Crippen molar-refractivity contribution in [3.63, 3.8) is 0 Å². The molecule has 0 radical (unpaired) electrons. The minimum Gasteiger partial charge on any atom is -0.355 e. The molecule has 3 aromatic heterocycles. The average Bonchev–Trinajstić information content (AvgIpc) is 3.49. The number of aromatic nitrogens is 5. The third-order valence-corrected chi connectivity index (χ3v) is 6.18. The monoisotopic (exact) mass is 398 g/mol. The van der Waals surface area contributed by atoms with Crippen molar-refractivity contribution in [2.75, 3.05) is 36.4 Å². The van der Waals surface area contributed by atoms with Gasteiger partial charge in [-0.25, -0.2) is 9.78 Å². The molecule has 2 aliphatic rings. The highest BCUT2D eigenvalue weighted by molar-refractivity contribution is 7.13. The van der Waals surface area contributed by atoms with E-state index in [9.17, 15) is 4.79 Å². The summed E-state index contributed by atoms with van der Waals surface area (Å²) in [4.78, 5) is 20.7. The van der Waals surface area contributed by atoms with Gasteiger partial charge in [-0.15, -0.1) is 26.6 Å². The minimum atomic E-state index is -0.0889. The van der Waals surface area contributed by atoms with E-state index >= 15 is 0 Å². The fraction of sp³-hybridized carbons (Fsp3) is 0.500. The van der Waals surface area contributed by atoms with E-state index in [1.54, 1.807) is 6.20 Å². The van der Waals surface area contributed by atoms with Gasteiger partial charge in [0.05, 0.1) is 0 Å². The standard InChI is InChI=1S/C18H22N8OS/c27-18(20-17-19-7-12-28-17)25-10-5-13(6-11-25)16-22-21-14-3-4-15(23-26(14)16)24-8-1-2-9-24/h3-4,7,12-13H,1-2,5-6,8-11H2,(H,19,20,27). The molecule has 0 saturated carbocycles. The van der Waals surface area contributed by atoms with E-state index in [4.69, 9.17) is 5.10 Å². The number of nitrogens with zero attached hydrogens (tertiary/aromatic N) is 7. The first-order valence-corrected chi connectivity index (χ1v) is 10.6. The van der Waals surface area contributed by atoms with Crippen LogP contribution in [0.15, 0.2) is 23.7 Å². The zero-order chi connectivity index (χ0) is 18.9. The fourth-order valence-corrected chi connectivity index (χ4v) is 4.48. The number of anilines is 2. The van der Waals surface area contributed by atoms with E-state index < -0.39 is 0 Å². The van der Waals surface area contributed by atoms with E-state index in [-0.39, 0.29) is 11.9 Å². The Balaban J connectivity index is 1.28. The summed E-state index contributed by atoms with van der Waals surface area (Å²) in [5.74, 6) is 2.14. The zero-order valence-electron chi connectivity index (χ0n) is 15.5. The van der Waals surface area contributed by atoms with Crippen LogP contribution in [0.2, 0.25) is 0 Å². The Morgan fingerprint density at radius 3 is 2.68 bits per heavy atom. The van der Waals surface area contributed by atoms with Crippen LogP contribution in [0.4, 0.5) is 15.7 Å². The van der Waals surface area contributed by atoms with Crippen molar-refractivity contribution in [2.24, 2.45) is 0 Å². The van der Waals surface area contributed by atoms with Crippen molar-refractivity contribution < 1.29 is 4.79 Å². The van der Waals surface area contributed by atoms with E-state index in [0.29, 0.717) is 18.2 Å². The van der Waals surface area contributed by atoms with Crippen LogP contribution < -0.4 is 10.2 Å². The van der Waals surface area contributed by atoms with Crippen molar-refractivity contribution in [3.8, 4) is 0 Å². The number of hydrogen-bond donors (Lipinski definition) is 1. The molecule has 0 atom stereocenters. The van der Waals surface area contributed by atoms with Crippen LogP contribution in [0.1, 0.15) is 37.4 Å². The molecule has 2 saturated heterocycles. The molecule has 0 aromatic carbocycles. The number of hydrogen-bond acceptors (Lipinski definition) is 7. The molecule has 10 heteroatoms. The molecule has 146 valence electrons. The van der Waals surface area contributed by atoms with Crippen LogP contribution in [0.3, 0.4) is 0 Å². The predicted octanol–water partition coefficient (Wildman–Crippen LogP) is 2.59. The van der Waals surface area contributed by atoms with E-state index in [1.807, 2.05) is 26.9 Å². The smallest absolute Gasteiger partial charge is 0.323 e. The first-order valence-electron chi connectivity index (χ1n) is 9.71. The van der Waals surface area contributed by atoms with E-state index in [2.05, 4.69) is 25.4 Å². The largest absolute Gasteiger partial charge is 0.355 e. The predicted molar refractivity (Wildman–Crippen MR) is 107 cm³/mol. The highest BCUT2D eigenvalue weighted by Gasteiger charge is 2.28. The minimum absolute atomic E-state index is 0.0889. The van der Waals surface area contributed by atoms with Gasteiger partial charge in [-0.2, -0.15) is 4.52 Å². The molecule has 9 nitrogen and oxygen atoms in total. The zero-order valence-corrected chi connectivity index (χ0v) is 16.3. The van der Waals surface area contributed by atoms with Gasteiger partial charge in [0.25, 0.3) is 0 Å². The van der Waals surface area contributed by atoms with Crippen LogP contribution in [0.25, 0.3) is 5.65 Å². The Morgan fingerprint density at radius 2 is 1.93 bits per heavy atom. The van der Waals surface area contributed by atoms with Crippen molar-refractivity contribution in [2.45, 2.75) is 31.6 Å². The number of fused-ring (bicyclic) bond motifs is 1. The van der Waals surface area contributed by atoms with Gasteiger partial charge in [0.15, 0.2) is 16.6 Å². The van der Waals surface area contributed by atoms with E-state index in [1.165, 1.54) is 24.2 Å². The number of thiazole rings is 1. The number of nitrogens with one attached hydrogen (secondary N) is 1. The summed E-state index contributed by atoms with van der Waals surface area (Å²) in [6.07, 6.45) is 5.82. The van der Waals surface area contributed by atoms with Crippen LogP contribution >= 0.6 is 11.3 Å². The summed E-state index contributed by atoms with van der Waals surface area (Å²) in [5, 5.41) is 18.9. The van der Waals surface area contributed by atoms with Gasteiger partial charge < -0.3 is 9.80 Å². The van der Waals surface area contributed by atoms with Gasteiger partial charge in [-0.1, -0.05) is 0 Å². The molecular weight excluding hydrogens is 376 g/mol. The average molecular weight is 398 g/mol. The summed E-state index contributed by atoms with van der Waals surface area (Å²) >= 11 is 1.42. The Morgan fingerprint density at radius 1 is 1.11 bits per heavy atom. The molecule has 0 spiro atoms. The van der Waals surface area contributed by atoms with Gasteiger partial charge in [0.2, 0.25) is 0 Å². The molecule has 2 fully saturated rings. The van der Waals surface area contributed by atoms with Crippen LogP contribution in [0.5, 0.6) is 0 Å². The van der Waals surface area contributed by atoms with Crippen molar-refractivity contribution in [3.05, 3.63) is 29.5 Å². The maximum absolute atomic E-state index is 12.4. The van der Waals surface area contributed by atoms with E-state index in [0.717, 1.165) is 43.2 Å². The highest BCUT2D eigenvalue weighted by atomic mass is 32.1. The van der Waals surface area contributed by atoms with Crippen molar-refractivity contribution >= 4 is 34.0 Å². The first-order chi connectivity index (χ1) is 13.8. The fourth-order valence-electron chi connectivity index (χ4n) is 3.96. The second kappa shape index (κ2) is 7.34. The SMILES string of the molecule is O=C(Nc1nccs1)N1CCC(c2nnc3ccc(N4CCCC4)nn23)CC1. The lowest BCUT2D eigenvalue weighted by atomic mass is 9.96. The lowest BCUT2D eigenvalue weighted by molar-refractivity contribution is 0.193. The molecule has 28 heavy (non-hydrogen) atoms. The Bertz CT molecular complexity index is 957. The topological polar surface area (TPSA) is 91.5 Å². The summed E-state index contributed by atoms with van der Waals surface area (Å²) in [5.41, 5.74) is 0.780. The summed E-state index contributed by atoms with van der Waals surface area (Å²) in [7, 11) is 0. The van der Waals surface area contributed by atoms with Crippen LogP contribution in [-0.4, -0.2) is 61.9 Å². The Kier molecular flexibility index (Phi) is 4.55. The number of likely N-dealkylation sites (tertiary alicyclic amines) is 1. The summed E-state index contributed by atoms with van der Waals surface area (Å²) in [6.45, 7) is 3.48. The van der Waals surface area contributed by atoms with Gasteiger partial charge in [0.1, 0.15) is 5.82 Å². The highest BCUT2D eigenvalue weighted by Crippen LogP contribution is 2.28. The lowest BCUT2D eigenvalue weighted by Crippen LogP contribution is -2.40. The molecule has 5 heterocycles. The number of rotatable bonds is 3. The molecule has 0 aliphatic carbocycles. The van der Waals surface area contributed by atoms with Gasteiger partial charge in [0, 0.05) is 43.7 Å². The molecule has 2 aliphatic heterocycles. The summed E-state index contributed by atoms with van der Waals surface area (Å²) < 4.78 is 1.89. The second-order valence-corrected chi connectivity index (χ2v) is 8.14. The number of amides is 2. The summed E-state index contributed by atoms with van der Waals surface area (Å²) in [6, 6.07) is 3.94. The molecule has 2 amide bonds. The lowest BCUT2D eigenvalue weighted by Gasteiger charge is -2.30. The molecule has 0 unspecified atom stereocenters. The maximum atomic E-state index is 12.4. The molecular formula is C18H22N8OS. The molecule has 0 bridgehead atoms. The Labute approximate surface area is 166 Å². The number of urea groups is 1. The quantitative estimate of drug-likeness (QED) is 0.729. The van der Waals surface area contributed by atoms with Gasteiger partial charge in [-0.3, -0.25) is 5.32 Å². The molecule has 5 rings (SSSR count). The van der Waals surface area contributed by atoms with Crippen molar-refractivity contribution in [1.82, 2.24) is 29.7 Å². The second-order valence-electron chi connectivity index (χ2n) is 7.24. The van der Waals surface area contributed by atoms with Gasteiger partial charge in [-0.05, 0) is 37.8 Å². The Hall–Kier alpha value is -2.75. The van der Waals surface area contributed by atoms with Crippen molar-refractivity contribution in [1.29, 1.82) is 0 Å². The molecule has 1 N–H and O–H groups in total. The third kappa shape index (κ3) is 3.28. The first kappa shape index (κ1) is 17.4. The van der Waals surface area contributed by atoms with Crippen LogP contribution in [0, 0.1) is 0 Å². The van der Waals surface area contributed by atoms with Crippen LogP contribution in [-0.2, 0) is 0 Å². The maximum Gasteiger partial charge on any atom is 0.323 e. The number of carbonyl (C=O) groups excluding carboxylic acids is 1. The molecule has 3 aromatic rings. The normalized spacial score (nSPS) is 18.1. The number of piperidine rings is 1. The number of carbonyl (C=O) groups is 1. The third-order valence-electron chi connectivity index (χ3n) is 5.50. The van der Waals surface area contributed by atoms with Gasteiger partial charge >= 0.3 is 6.03 Å².